The smallest absolute Gasteiger partial charge is 0.226 e. The molecule has 0 aliphatic heterocycles. The van der Waals surface area contributed by atoms with Crippen LogP contribution < -0.4 is 0 Å². The van der Waals surface area contributed by atoms with Crippen LogP contribution in [0.5, 0.6) is 0 Å². The summed E-state index contributed by atoms with van der Waals surface area (Å²) < 4.78 is 6.63. The Kier molecular flexibility index (Phi) is 2.29. The minimum atomic E-state index is 0.289. The highest BCUT2D eigenvalue weighted by atomic mass is 35.5. The van der Waals surface area contributed by atoms with Gasteiger partial charge in [-0.1, -0.05) is 5.16 Å². The number of rotatable bonds is 2. The molecule has 0 aliphatic rings. The highest BCUT2D eigenvalue weighted by Crippen LogP contribution is 2.21. The van der Waals surface area contributed by atoms with E-state index in [0.29, 0.717) is 11.7 Å². The van der Waals surface area contributed by atoms with Crippen LogP contribution in [-0.4, -0.2) is 14.9 Å². The lowest BCUT2D eigenvalue weighted by Gasteiger charge is -2.02. The zero-order valence-corrected chi connectivity index (χ0v) is 8.69. The van der Waals surface area contributed by atoms with Gasteiger partial charge in [0.25, 0.3) is 0 Å². The second-order valence-electron chi connectivity index (χ2n) is 3.32. The van der Waals surface area contributed by atoms with Crippen LogP contribution >= 0.6 is 11.6 Å². The molecule has 2 aromatic heterocycles. The van der Waals surface area contributed by atoms with Gasteiger partial charge in [0.2, 0.25) is 5.22 Å². The van der Waals surface area contributed by atoms with Gasteiger partial charge in [-0.25, -0.2) is 0 Å². The van der Waals surface area contributed by atoms with Crippen LogP contribution in [0.25, 0.3) is 11.3 Å². The van der Waals surface area contributed by atoms with Gasteiger partial charge >= 0.3 is 0 Å². The summed E-state index contributed by atoms with van der Waals surface area (Å²) >= 11 is 5.62. The Hall–Kier alpha value is -1.29. The first-order valence-corrected chi connectivity index (χ1v) is 4.71. The fraction of sp³-hybridized carbons (Fsp3) is 0.333. The van der Waals surface area contributed by atoms with E-state index in [1.54, 1.807) is 12.3 Å². The SMILES string of the molecule is CC(C)n1cc(-c2cc(Cl)on2)cn1. The Morgan fingerprint density at radius 2 is 2.29 bits per heavy atom. The average molecular weight is 212 g/mol. The van der Waals surface area contributed by atoms with Crippen molar-refractivity contribution in [3.05, 3.63) is 23.7 Å². The third kappa shape index (κ3) is 1.65. The minimum Gasteiger partial charge on any atom is -0.344 e. The van der Waals surface area contributed by atoms with Crippen molar-refractivity contribution >= 4 is 11.6 Å². The molecule has 2 aromatic rings. The van der Waals surface area contributed by atoms with Crippen molar-refractivity contribution in [1.82, 2.24) is 14.9 Å². The lowest BCUT2D eigenvalue weighted by molar-refractivity contribution is 0.424. The quantitative estimate of drug-likeness (QED) is 0.767. The third-order valence-corrected chi connectivity index (χ3v) is 2.09. The molecule has 0 spiro atoms. The van der Waals surface area contributed by atoms with Gasteiger partial charge in [0.1, 0.15) is 5.69 Å². The van der Waals surface area contributed by atoms with Crippen molar-refractivity contribution in [2.75, 3.05) is 0 Å². The van der Waals surface area contributed by atoms with Gasteiger partial charge in [-0.15, -0.1) is 0 Å². The lowest BCUT2D eigenvalue weighted by atomic mass is 10.3. The molecule has 74 valence electrons. The van der Waals surface area contributed by atoms with Gasteiger partial charge in [0.05, 0.1) is 6.20 Å². The van der Waals surface area contributed by atoms with Gasteiger partial charge < -0.3 is 4.52 Å². The normalized spacial score (nSPS) is 11.1. The van der Waals surface area contributed by atoms with Crippen LogP contribution in [0.2, 0.25) is 5.22 Å². The number of nitrogens with zero attached hydrogens (tertiary/aromatic N) is 3. The summed E-state index contributed by atoms with van der Waals surface area (Å²) in [5.41, 5.74) is 1.62. The molecule has 0 aliphatic carbocycles. The van der Waals surface area contributed by atoms with Gasteiger partial charge in [-0.3, -0.25) is 4.68 Å². The lowest BCUT2D eigenvalue weighted by Crippen LogP contribution is -1.99. The monoisotopic (exact) mass is 211 g/mol. The number of hydrogen-bond acceptors (Lipinski definition) is 3. The van der Waals surface area contributed by atoms with Gasteiger partial charge in [-0.2, -0.15) is 5.10 Å². The van der Waals surface area contributed by atoms with E-state index in [4.69, 9.17) is 16.1 Å². The molecule has 2 heterocycles. The van der Waals surface area contributed by atoms with Gasteiger partial charge in [0.15, 0.2) is 0 Å². The van der Waals surface area contributed by atoms with Crippen molar-refractivity contribution in [2.45, 2.75) is 19.9 Å². The molecule has 0 aromatic carbocycles. The van der Waals surface area contributed by atoms with E-state index in [-0.39, 0.29) is 5.22 Å². The summed E-state index contributed by atoms with van der Waals surface area (Å²) in [5, 5.41) is 8.28. The van der Waals surface area contributed by atoms with Crippen molar-refractivity contribution in [3.8, 4) is 11.3 Å². The predicted octanol–water partition coefficient (Wildman–Crippen LogP) is 2.77. The van der Waals surface area contributed by atoms with Gasteiger partial charge in [-0.05, 0) is 25.4 Å². The number of hydrogen-bond donors (Lipinski definition) is 0. The first kappa shape index (κ1) is 9.27. The highest BCUT2D eigenvalue weighted by Gasteiger charge is 2.08. The molecule has 0 fully saturated rings. The van der Waals surface area contributed by atoms with E-state index in [1.807, 2.05) is 10.9 Å². The van der Waals surface area contributed by atoms with E-state index in [9.17, 15) is 0 Å². The molecule has 0 saturated carbocycles. The molecule has 2 rings (SSSR count). The maximum atomic E-state index is 5.62. The van der Waals surface area contributed by atoms with Crippen molar-refractivity contribution in [2.24, 2.45) is 0 Å². The maximum absolute atomic E-state index is 5.62. The molecule has 5 heteroatoms. The average Bonchev–Trinajstić information content (AvgIpc) is 2.70. The standard InChI is InChI=1S/C9H10ClN3O/c1-6(2)13-5-7(4-11-13)8-3-9(10)14-12-8/h3-6H,1-2H3. The molecule has 4 nitrogen and oxygen atoms in total. The Morgan fingerprint density at radius 3 is 2.79 bits per heavy atom. The summed E-state index contributed by atoms with van der Waals surface area (Å²) in [5.74, 6) is 0. The molecule has 0 bridgehead atoms. The predicted molar refractivity (Wildman–Crippen MR) is 53.1 cm³/mol. The molecule has 14 heavy (non-hydrogen) atoms. The first-order chi connectivity index (χ1) is 6.66. The van der Waals surface area contributed by atoms with E-state index in [2.05, 4.69) is 24.1 Å². The van der Waals surface area contributed by atoms with E-state index in [1.165, 1.54) is 0 Å². The Balaban J connectivity index is 2.33. The van der Waals surface area contributed by atoms with Crippen LogP contribution in [0.15, 0.2) is 23.0 Å². The fourth-order valence-corrected chi connectivity index (χ4v) is 1.28. The third-order valence-electron chi connectivity index (χ3n) is 1.91. The summed E-state index contributed by atoms with van der Waals surface area (Å²) in [6.45, 7) is 4.12. The highest BCUT2D eigenvalue weighted by molar-refractivity contribution is 6.29. The fourth-order valence-electron chi connectivity index (χ4n) is 1.14. The molecule has 0 amide bonds. The van der Waals surface area contributed by atoms with Crippen LogP contribution in [0.1, 0.15) is 19.9 Å². The zero-order chi connectivity index (χ0) is 10.1. The summed E-state index contributed by atoms with van der Waals surface area (Å²) in [6, 6.07) is 2.01. The number of aromatic nitrogens is 3. The van der Waals surface area contributed by atoms with E-state index < -0.39 is 0 Å². The minimum absolute atomic E-state index is 0.289. The molecular weight excluding hydrogens is 202 g/mol. The number of halogens is 1. The van der Waals surface area contributed by atoms with Crippen LogP contribution in [-0.2, 0) is 0 Å². The summed E-state index contributed by atoms with van der Waals surface area (Å²) in [4.78, 5) is 0. The van der Waals surface area contributed by atoms with Crippen LogP contribution in [0, 0.1) is 0 Å². The van der Waals surface area contributed by atoms with Crippen molar-refractivity contribution < 1.29 is 4.52 Å². The molecular formula is C9H10ClN3O. The molecule has 0 atom stereocenters. The largest absolute Gasteiger partial charge is 0.344 e. The Morgan fingerprint density at radius 1 is 1.50 bits per heavy atom. The maximum Gasteiger partial charge on any atom is 0.226 e. The van der Waals surface area contributed by atoms with E-state index in [0.717, 1.165) is 5.56 Å². The van der Waals surface area contributed by atoms with Crippen LogP contribution in [0.3, 0.4) is 0 Å². The Labute approximate surface area is 86.5 Å². The van der Waals surface area contributed by atoms with Crippen molar-refractivity contribution in [3.63, 3.8) is 0 Å². The summed E-state index contributed by atoms with van der Waals surface area (Å²) in [6.07, 6.45) is 3.66. The molecule has 0 unspecified atom stereocenters. The first-order valence-electron chi connectivity index (χ1n) is 4.33. The topological polar surface area (TPSA) is 43.9 Å². The van der Waals surface area contributed by atoms with Crippen molar-refractivity contribution in [1.29, 1.82) is 0 Å². The molecule has 0 radical (unpaired) electrons. The zero-order valence-electron chi connectivity index (χ0n) is 7.94. The second kappa shape index (κ2) is 3.46. The molecule has 0 saturated heterocycles. The van der Waals surface area contributed by atoms with Gasteiger partial charge in [0, 0.05) is 23.9 Å². The second-order valence-corrected chi connectivity index (χ2v) is 3.69. The van der Waals surface area contributed by atoms with E-state index >= 15 is 0 Å². The van der Waals surface area contributed by atoms with Crippen LogP contribution in [0.4, 0.5) is 0 Å². The molecule has 0 N–H and O–H groups in total. The summed E-state index contributed by atoms with van der Waals surface area (Å²) in [7, 11) is 0. The Bertz CT molecular complexity index is 433.